The van der Waals surface area contributed by atoms with Crippen LogP contribution in [-0.2, 0) is 0 Å². The van der Waals surface area contributed by atoms with Gasteiger partial charge in [-0.3, -0.25) is 0 Å². The zero-order valence-electron chi connectivity index (χ0n) is 7.82. The van der Waals surface area contributed by atoms with Gasteiger partial charge in [-0.1, -0.05) is 30.0 Å². The number of rotatable bonds is 7. The summed E-state index contributed by atoms with van der Waals surface area (Å²) in [6.45, 7) is 4.42. The van der Waals surface area contributed by atoms with Crippen LogP contribution in [0.2, 0.25) is 0 Å². The molecule has 0 saturated carbocycles. The van der Waals surface area contributed by atoms with E-state index in [4.69, 9.17) is 0 Å². The first-order valence-corrected chi connectivity index (χ1v) is 6.39. The van der Waals surface area contributed by atoms with E-state index in [1.807, 2.05) is 0 Å². The Hall–Kier alpha value is -0.130. The Morgan fingerprint density at radius 3 is 3.15 bits per heavy atom. The van der Waals surface area contributed by atoms with Crippen LogP contribution in [-0.4, -0.2) is 29.0 Å². The highest BCUT2D eigenvalue weighted by molar-refractivity contribution is 8.00. The van der Waals surface area contributed by atoms with E-state index in [1.165, 1.54) is 12.8 Å². The Kier molecular flexibility index (Phi) is 6.14. The minimum absolute atomic E-state index is 1.08. The Labute approximate surface area is 87.3 Å². The van der Waals surface area contributed by atoms with Gasteiger partial charge in [0.1, 0.15) is 5.51 Å². The molecule has 1 N–H and O–H groups in total. The molecule has 0 atom stereocenters. The van der Waals surface area contributed by atoms with Crippen molar-refractivity contribution < 1.29 is 0 Å². The molecule has 0 aliphatic heterocycles. The van der Waals surface area contributed by atoms with Crippen LogP contribution in [0.1, 0.15) is 19.8 Å². The number of aromatic nitrogens is 2. The third kappa shape index (κ3) is 5.23. The van der Waals surface area contributed by atoms with Crippen molar-refractivity contribution in [3.8, 4) is 0 Å². The summed E-state index contributed by atoms with van der Waals surface area (Å²) in [4.78, 5) is 0. The molecule has 0 aromatic carbocycles. The quantitative estimate of drug-likeness (QED) is 0.560. The lowest BCUT2D eigenvalue weighted by molar-refractivity contribution is 0.664. The van der Waals surface area contributed by atoms with Crippen LogP contribution in [0.15, 0.2) is 9.85 Å². The van der Waals surface area contributed by atoms with E-state index in [2.05, 4.69) is 22.4 Å². The van der Waals surface area contributed by atoms with E-state index < -0.39 is 0 Å². The molecular formula is C8H15N3S2. The van der Waals surface area contributed by atoms with Crippen LogP contribution < -0.4 is 5.32 Å². The average molecular weight is 217 g/mol. The lowest BCUT2D eigenvalue weighted by atomic mass is 10.4. The van der Waals surface area contributed by atoms with Crippen LogP contribution in [0.5, 0.6) is 0 Å². The first kappa shape index (κ1) is 10.9. The maximum Gasteiger partial charge on any atom is 0.174 e. The molecule has 1 heterocycles. The van der Waals surface area contributed by atoms with Crippen LogP contribution in [0.25, 0.3) is 0 Å². The molecule has 0 aliphatic carbocycles. The van der Waals surface area contributed by atoms with Gasteiger partial charge in [0.05, 0.1) is 0 Å². The summed E-state index contributed by atoms with van der Waals surface area (Å²) >= 11 is 3.40. The zero-order valence-corrected chi connectivity index (χ0v) is 9.46. The molecule has 1 aromatic heterocycles. The van der Waals surface area contributed by atoms with E-state index in [-0.39, 0.29) is 0 Å². The van der Waals surface area contributed by atoms with Gasteiger partial charge in [-0.25, -0.2) is 0 Å². The molecule has 0 aliphatic rings. The summed E-state index contributed by atoms with van der Waals surface area (Å²) in [7, 11) is 0. The summed E-state index contributed by atoms with van der Waals surface area (Å²) in [5, 5.41) is 11.1. The van der Waals surface area contributed by atoms with E-state index in [0.717, 1.165) is 23.2 Å². The highest BCUT2D eigenvalue weighted by Gasteiger charge is 1.96. The van der Waals surface area contributed by atoms with Gasteiger partial charge < -0.3 is 5.32 Å². The van der Waals surface area contributed by atoms with E-state index in [9.17, 15) is 0 Å². The highest BCUT2D eigenvalue weighted by atomic mass is 32.2. The molecule has 0 fully saturated rings. The van der Waals surface area contributed by atoms with Crippen molar-refractivity contribution in [3.05, 3.63) is 5.51 Å². The number of thioether (sulfide) groups is 1. The Bertz CT molecular complexity index is 201. The van der Waals surface area contributed by atoms with Crippen LogP contribution in [0.4, 0.5) is 0 Å². The van der Waals surface area contributed by atoms with Crippen molar-refractivity contribution in [2.24, 2.45) is 0 Å². The molecule has 0 spiro atoms. The summed E-state index contributed by atoms with van der Waals surface area (Å²) in [6, 6.07) is 0. The molecule has 1 aromatic rings. The minimum atomic E-state index is 1.08. The number of nitrogens with one attached hydrogen (secondary N) is 1. The standard InChI is InChI=1S/C8H15N3S2/c1-2-4-9-5-3-6-12-8-11-10-7-13-8/h7,9H,2-6H2,1H3. The predicted molar refractivity (Wildman–Crippen MR) is 58.4 cm³/mol. The lowest BCUT2D eigenvalue weighted by Crippen LogP contribution is -2.16. The molecule has 0 amide bonds. The lowest BCUT2D eigenvalue weighted by Gasteiger charge is -2.00. The Morgan fingerprint density at radius 2 is 2.46 bits per heavy atom. The molecule has 13 heavy (non-hydrogen) atoms. The monoisotopic (exact) mass is 217 g/mol. The Balaban J connectivity index is 1.90. The van der Waals surface area contributed by atoms with Crippen LogP contribution in [0, 0.1) is 0 Å². The second-order valence-electron chi connectivity index (χ2n) is 2.66. The topological polar surface area (TPSA) is 37.8 Å². The number of nitrogens with zero attached hydrogens (tertiary/aromatic N) is 2. The largest absolute Gasteiger partial charge is 0.317 e. The van der Waals surface area contributed by atoms with Gasteiger partial charge in [-0.15, -0.1) is 10.2 Å². The highest BCUT2D eigenvalue weighted by Crippen LogP contribution is 2.18. The molecule has 1 rings (SSSR count). The average Bonchev–Trinajstić information content (AvgIpc) is 2.63. The van der Waals surface area contributed by atoms with Gasteiger partial charge in [0.15, 0.2) is 4.34 Å². The molecule has 0 bridgehead atoms. The second-order valence-corrected chi connectivity index (χ2v) is 4.83. The number of hydrogen-bond donors (Lipinski definition) is 1. The third-order valence-electron chi connectivity index (χ3n) is 1.49. The number of hydrogen-bond acceptors (Lipinski definition) is 5. The first-order chi connectivity index (χ1) is 6.43. The zero-order chi connectivity index (χ0) is 9.36. The molecule has 0 unspecified atom stereocenters. The molecular weight excluding hydrogens is 202 g/mol. The van der Waals surface area contributed by atoms with Crippen molar-refractivity contribution in [1.82, 2.24) is 15.5 Å². The minimum Gasteiger partial charge on any atom is -0.317 e. The molecule has 0 radical (unpaired) electrons. The summed E-state index contributed by atoms with van der Waals surface area (Å²) in [5.41, 5.74) is 1.78. The summed E-state index contributed by atoms with van der Waals surface area (Å²) < 4.78 is 1.08. The van der Waals surface area contributed by atoms with Gasteiger partial charge in [0.2, 0.25) is 0 Å². The molecule has 3 nitrogen and oxygen atoms in total. The maximum atomic E-state index is 3.96. The molecule has 0 saturated heterocycles. The van der Waals surface area contributed by atoms with Crippen molar-refractivity contribution in [1.29, 1.82) is 0 Å². The summed E-state index contributed by atoms with van der Waals surface area (Å²) in [6.07, 6.45) is 2.41. The maximum absolute atomic E-state index is 3.96. The fourth-order valence-electron chi connectivity index (χ4n) is 0.884. The van der Waals surface area contributed by atoms with Gasteiger partial charge >= 0.3 is 0 Å². The second kappa shape index (κ2) is 7.29. The van der Waals surface area contributed by atoms with Gasteiger partial charge in [0, 0.05) is 5.75 Å². The van der Waals surface area contributed by atoms with E-state index in [1.54, 1.807) is 28.6 Å². The van der Waals surface area contributed by atoms with E-state index in [0.29, 0.717) is 0 Å². The van der Waals surface area contributed by atoms with Crippen molar-refractivity contribution in [2.75, 3.05) is 18.8 Å². The molecule has 74 valence electrons. The fraction of sp³-hybridized carbons (Fsp3) is 0.750. The predicted octanol–water partition coefficient (Wildman–Crippen LogP) is 2.02. The SMILES string of the molecule is CCCNCCCSc1nncs1. The normalized spacial score (nSPS) is 10.5. The van der Waals surface area contributed by atoms with Gasteiger partial charge in [0.25, 0.3) is 0 Å². The molecule has 5 heteroatoms. The third-order valence-corrected chi connectivity index (χ3v) is 3.44. The van der Waals surface area contributed by atoms with Crippen molar-refractivity contribution in [3.63, 3.8) is 0 Å². The van der Waals surface area contributed by atoms with Crippen molar-refractivity contribution >= 4 is 23.1 Å². The van der Waals surface area contributed by atoms with Gasteiger partial charge in [-0.05, 0) is 25.9 Å². The van der Waals surface area contributed by atoms with Crippen LogP contribution >= 0.6 is 23.1 Å². The first-order valence-electron chi connectivity index (χ1n) is 4.53. The van der Waals surface area contributed by atoms with E-state index >= 15 is 0 Å². The summed E-state index contributed by atoms with van der Waals surface area (Å²) in [5.74, 6) is 1.13. The van der Waals surface area contributed by atoms with Crippen LogP contribution in [0.3, 0.4) is 0 Å². The van der Waals surface area contributed by atoms with Gasteiger partial charge in [-0.2, -0.15) is 0 Å². The van der Waals surface area contributed by atoms with Crippen molar-refractivity contribution in [2.45, 2.75) is 24.1 Å². The Morgan fingerprint density at radius 1 is 1.54 bits per heavy atom. The fourth-order valence-corrected chi connectivity index (χ4v) is 2.38. The smallest absolute Gasteiger partial charge is 0.174 e.